The molecule has 3 aromatic carbocycles. The van der Waals surface area contributed by atoms with Gasteiger partial charge in [0.15, 0.2) is 17.3 Å². The van der Waals surface area contributed by atoms with Crippen LogP contribution in [0.1, 0.15) is 117 Å². The van der Waals surface area contributed by atoms with E-state index in [0.29, 0.717) is 45.7 Å². The topological polar surface area (TPSA) is 221 Å². The maximum absolute atomic E-state index is 15.7. The van der Waals surface area contributed by atoms with Crippen LogP contribution in [0.4, 0.5) is 4.39 Å². The molecule has 0 radical (unpaired) electrons. The monoisotopic (exact) mass is 868 g/mol. The van der Waals surface area contributed by atoms with Gasteiger partial charge in [0.25, 0.3) is 0 Å². The normalized spacial score (nSPS) is 16.9. The molecule has 340 valence electrons. The van der Waals surface area contributed by atoms with Crippen LogP contribution in [0.25, 0.3) is 11.1 Å². The van der Waals surface area contributed by atoms with Crippen LogP contribution >= 0.6 is 0 Å². The Balaban J connectivity index is 1.80. The highest BCUT2D eigenvalue weighted by Gasteiger charge is 2.36. The van der Waals surface area contributed by atoms with Crippen molar-refractivity contribution in [2.24, 2.45) is 29.0 Å². The minimum atomic E-state index is -1.27. The second-order valence-electron chi connectivity index (χ2n) is 16.5. The number of aryl methyl sites for hydroxylation is 2. The number of nitrogens with one attached hydrogen (secondary N) is 1. The molecule has 14 heteroatoms. The van der Waals surface area contributed by atoms with Gasteiger partial charge in [0.2, 0.25) is 11.8 Å². The number of unbranched alkanes of at least 4 members (excludes halogenated alkanes) is 4. The van der Waals surface area contributed by atoms with Gasteiger partial charge in [-0.25, -0.2) is 4.39 Å². The Bertz CT molecular complexity index is 2100. The molecule has 13 nitrogen and oxygen atoms in total. The first-order valence-corrected chi connectivity index (χ1v) is 22.2. The number of ether oxygens (including phenoxy) is 2. The van der Waals surface area contributed by atoms with Crippen molar-refractivity contribution < 1.29 is 37.8 Å². The summed E-state index contributed by atoms with van der Waals surface area (Å²) >= 11 is 0. The summed E-state index contributed by atoms with van der Waals surface area (Å²) in [5, 5.41) is 12.0. The smallest absolute Gasteiger partial charge is 0.226 e. The summed E-state index contributed by atoms with van der Waals surface area (Å²) in [5.74, 6) is -4.24. The third-order valence-corrected chi connectivity index (χ3v) is 11.5. The Kier molecular flexibility index (Phi) is 19.9. The number of halogens is 1. The molecule has 4 bridgehead atoms. The minimum Gasteiger partial charge on any atom is -0.492 e. The molecular weight excluding hydrogens is 804 g/mol. The van der Waals surface area contributed by atoms with Gasteiger partial charge in [0, 0.05) is 68.8 Å². The lowest BCUT2D eigenvalue weighted by Gasteiger charge is -2.32. The summed E-state index contributed by atoms with van der Waals surface area (Å²) in [6, 6.07) is 13.3. The number of benzene rings is 3. The van der Waals surface area contributed by atoms with Crippen molar-refractivity contribution in [2.45, 2.75) is 110 Å². The number of nitriles is 1. The fourth-order valence-electron chi connectivity index (χ4n) is 8.21. The summed E-state index contributed by atoms with van der Waals surface area (Å²) in [6.07, 6.45) is 5.42. The summed E-state index contributed by atoms with van der Waals surface area (Å²) < 4.78 is 27.9. The molecule has 1 aliphatic heterocycles. The van der Waals surface area contributed by atoms with Gasteiger partial charge in [0.05, 0.1) is 17.7 Å². The van der Waals surface area contributed by atoms with Gasteiger partial charge in [0.1, 0.15) is 36.6 Å². The molecule has 0 saturated heterocycles. The zero-order valence-corrected chi connectivity index (χ0v) is 37.3. The van der Waals surface area contributed by atoms with Gasteiger partial charge in [-0.3, -0.25) is 24.0 Å². The molecule has 1 heterocycles. The van der Waals surface area contributed by atoms with E-state index in [9.17, 15) is 29.2 Å². The van der Waals surface area contributed by atoms with Crippen LogP contribution < -0.4 is 32.0 Å². The molecule has 2 amide bonds. The van der Waals surface area contributed by atoms with Crippen molar-refractivity contribution in [3.63, 3.8) is 0 Å². The van der Waals surface area contributed by atoms with Crippen LogP contribution in [0.3, 0.4) is 0 Å². The molecular formula is C49H65FN6O7. The Labute approximate surface area is 371 Å². The Morgan fingerprint density at radius 2 is 1.59 bits per heavy atom. The Hall–Kier alpha value is -5.49. The predicted molar refractivity (Wildman–Crippen MR) is 240 cm³/mol. The van der Waals surface area contributed by atoms with Gasteiger partial charge in [-0.1, -0.05) is 57.7 Å². The molecule has 3 aromatic rings. The number of amides is 2. The largest absolute Gasteiger partial charge is 0.492 e. The molecule has 63 heavy (non-hydrogen) atoms. The van der Waals surface area contributed by atoms with E-state index in [4.69, 9.17) is 26.7 Å². The van der Waals surface area contributed by atoms with E-state index in [2.05, 4.69) is 12.2 Å². The molecule has 1 aliphatic rings. The van der Waals surface area contributed by atoms with Crippen LogP contribution in [-0.2, 0) is 32.0 Å². The fraction of sp³-hybridized carbons (Fsp3) is 0.510. The number of ketones is 3. The number of hydrogen-bond donors (Lipinski definition) is 4. The van der Waals surface area contributed by atoms with E-state index >= 15 is 4.39 Å². The maximum Gasteiger partial charge on any atom is 0.226 e. The van der Waals surface area contributed by atoms with Gasteiger partial charge < -0.3 is 36.9 Å². The molecule has 4 rings (SSSR count). The van der Waals surface area contributed by atoms with E-state index in [1.54, 1.807) is 44.2 Å². The number of carbonyl (C=O) groups excluding carboxylic acids is 5. The lowest BCUT2D eigenvalue weighted by molar-refractivity contribution is -0.142. The standard InChI is InChI=1S/C49H65FN6O7/c1-5-6-7-8-9-11-33-24-31(2)46(39(50)27-33)42(58)30-36(17-19-52)49(61)56(4)47-35-14-16-45(63-23-21-54)38(29-35)37-26-34(13-15-44(37)62-22-20-53)28-40(41(57)12-10-18-51)55-48(60)32(3)25-43(47)59/h13-16,24,26-27,29,32,36,40,47H,5-12,17,19-23,25,28,30,52-54H2,1-4H3,(H,55,60)/t32-,36-,40+,47+/m1/s1. The highest BCUT2D eigenvalue weighted by atomic mass is 19.1. The number of fused-ring (bicyclic) bond motifs is 5. The van der Waals surface area contributed by atoms with Gasteiger partial charge in [-0.05, 0) is 91.7 Å². The SMILES string of the molecule is CCCCCCCc1cc(C)c(C(=O)C[C@@H](CCN)C(=O)N(C)[C@@H]2C(=O)C[C@@H](C)C(=O)N[C@H](C(=O)CCC#N)Cc3ccc(OCCN)c(c3)-c3cc2ccc3OCCN)c(F)c1. The lowest BCUT2D eigenvalue weighted by Crippen LogP contribution is -2.46. The minimum absolute atomic E-state index is 0.0378. The van der Waals surface area contributed by atoms with Crippen LogP contribution in [-0.4, -0.2) is 80.0 Å². The number of nitrogens with zero attached hydrogens (tertiary/aromatic N) is 2. The first-order valence-electron chi connectivity index (χ1n) is 22.2. The van der Waals surface area contributed by atoms with Crippen molar-refractivity contribution in [1.29, 1.82) is 5.26 Å². The number of Topliss-reactive ketones (excluding diaryl/α,β-unsaturated/α-hetero) is 3. The van der Waals surface area contributed by atoms with E-state index in [0.717, 1.165) is 37.7 Å². The molecule has 0 fully saturated rings. The van der Waals surface area contributed by atoms with Crippen molar-refractivity contribution in [3.05, 3.63) is 82.2 Å². The molecule has 0 unspecified atom stereocenters. The fourth-order valence-corrected chi connectivity index (χ4v) is 8.21. The Morgan fingerprint density at radius 3 is 2.22 bits per heavy atom. The Morgan fingerprint density at radius 1 is 0.921 bits per heavy atom. The lowest BCUT2D eigenvalue weighted by atomic mass is 9.87. The second kappa shape index (κ2) is 25.0. The molecule has 0 aliphatic carbocycles. The van der Waals surface area contributed by atoms with Crippen LogP contribution in [0.2, 0.25) is 0 Å². The highest BCUT2D eigenvalue weighted by molar-refractivity contribution is 6.01. The first-order chi connectivity index (χ1) is 30.3. The molecule has 7 N–H and O–H groups in total. The average molecular weight is 869 g/mol. The zero-order chi connectivity index (χ0) is 46.1. The maximum atomic E-state index is 15.7. The summed E-state index contributed by atoms with van der Waals surface area (Å²) in [7, 11) is 1.46. The van der Waals surface area contributed by atoms with Crippen LogP contribution in [0.15, 0.2) is 48.5 Å². The molecule has 0 aromatic heterocycles. The average Bonchev–Trinajstić information content (AvgIpc) is 3.25. The first kappa shape index (κ1) is 50.2. The summed E-state index contributed by atoms with van der Waals surface area (Å²) in [6.45, 7) is 6.18. The number of rotatable bonds is 22. The van der Waals surface area contributed by atoms with E-state index in [1.807, 2.05) is 18.2 Å². The van der Waals surface area contributed by atoms with Crippen molar-refractivity contribution >= 4 is 29.2 Å². The van der Waals surface area contributed by atoms with Gasteiger partial charge >= 0.3 is 0 Å². The molecule has 0 spiro atoms. The second-order valence-corrected chi connectivity index (χ2v) is 16.5. The van der Waals surface area contributed by atoms with Crippen molar-refractivity contribution in [3.8, 4) is 28.7 Å². The number of nitrogens with two attached hydrogens (primary N) is 3. The zero-order valence-electron chi connectivity index (χ0n) is 37.3. The van der Waals surface area contributed by atoms with E-state index in [1.165, 1.54) is 18.0 Å². The molecule has 4 atom stereocenters. The third kappa shape index (κ3) is 13.7. The number of likely N-dealkylation sites (N-methyl/N-ethyl adjacent to an activating group) is 1. The van der Waals surface area contributed by atoms with Crippen LogP contribution in [0.5, 0.6) is 11.5 Å². The van der Waals surface area contributed by atoms with Crippen LogP contribution in [0, 0.1) is 35.9 Å². The highest BCUT2D eigenvalue weighted by Crippen LogP contribution is 2.41. The van der Waals surface area contributed by atoms with Crippen molar-refractivity contribution in [1.82, 2.24) is 10.2 Å². The summed E-state index contributed by atoms with van der Waals surface area (Å²) in [5.41, 5.74) is 21.0. The third-order valence-electron chi connectivity index (χ3n) is 11.5. The quantitative estimate of drug-likeness (QED) is 0.0654. The predicted octanol–water partition coefficient (Wildman–Crippen LogP) is 6.24. The van der Waals surface area contributed by atoms with Gasteiger partial charge in [-0.15, -0.1) is 0 Å². The number of carbonyl (C=O) groups is 5. The summed E-state index contributed by atoms with van der Waals surface area (Å²) in [4.78, 5) is 71.7. The number of hydrogen-bond acceptors (Lipinski definition) is 11. The van der Waals surface area contributed by atoms with Gasteiger partial charge in [-0.2, -0.15) is 5.26 Å². The van der Waals surface area contributed by atoms with E-state index in [-0.39, 0.29) is 82.7 Å². The van der Waals surface area contributed by atoms with E-state index < -0.39 is 53.1 Å². The van der Waals surface area contributed by atoms with Crippen molar-refractivity contribution in [2.75, 3.05) is 39.9 Å². The molecule has 0 saturated carbocycles.